The highest BCUT2D eigenvalue weighted by Crippen LogP contribution is 2.31. The van der Waals surface area contributed by atoms with E-state index in [0.29, 0.717) is 28.6 Å². The van der Waals surface area contributed by atoms with E-state index in [1.54, 1.807) is 37.3 Å². The number of ether oxygens (including phenoxy) is 3. The summed E-state index contributed by atoms with van der Waals surface area (Å²) < 4.78 is 43.1. The lowest BCUT2D eigenvalue weighted by Crippen LogP contribution is -2.12. The summed E-state index contributed by atoms with van der Waals surface area (Å²) in [6.07, 6.45) is 0. The summed E-state index contributed by atoms with van der Waals surface area (Å²) in [5.74, 6) is 1.09. The lowest BCUT2D eigenvalue weighted by atomic mass is 10.2. The number of anilines is 2. The van der Waals surface area contributed by atoms with Gasteiger partial charge in [-0.05, 0) is 43.3 Å². The average Bonchev–Trinajstić information content (AvgIpc) is 3.13. The van der Waals surface area contributed by atoms with Crippen LogP contribution < -0.4 is 24.2 Å². The Labute approximate surface area is 184 Å². The number of thiazole rings is 1. The molecule has 9 nitrogen and oxygen atoms in total. The van der Waals surface area contributed by atoms with Gasteiger partial charge in [0.25, 0.3) is 15.9 Å². The van der Waals surface area contributed by atoms with Crippen molar-refractivity contribution in [1.82, 2.24) is 4.98 Å². The second kappa shape index (κ2) is 9.23. The van der Waals surface area contributed by atoms with Crippen molar-refractivity contribution in [3.05, 3.63) is 53.0 Å². The van der Waals surface area contributed by atoms with Crippen molar-refractivity contribution < 1.29 is 27.4 Å². The van der Waals surface area contributed by atoms with Crippen molar-refractivity contribution >= 4 is 38.1 Å². The quantitative estimate of drug-likeness (QED) is 0.525. The number of nitrogens with zero attached hydrogens (tertiary/aromatic N) is 1. The van der Waals surface area contributed by atoms with Crippen LogP contribution in [0.2, 0.25) is 0 Å². The molecule has 1 heterocycles. The third-order valence-corrected chi connectivity index (χ3v) is 6.80. The molecule has 2 N–H and O–H groups in total. The number of benzene rings is 2. The fraction of sp³-hybridized carbons (Fsp3) is 0.200. The highest BCUT2D eigenvalue weighted by atomic mass is 32.2. The standard InChI is InChI=1S/C20H21N3O6S2/c1-12-18(19(24)22-16-11-14(28-3)7-10-17(16)29-4)30-20(21-12)23-31(25,26)15-8-5-13(27-2)6-9-15/h5-11H,1-4H3,(H,21,23)(H,22,24). The van der Waals surface area contributed by atoms with Gasteiger partial charge in [-0.2, -0.15) is 0 Å². The topological polar surface area (TPSA) is 116 Å². The molecule has 0 aliphatic heterocycles. The van der Waals surface area contributed by atoms with Crippen molar-refractivity contribution in [1.29, 1.82) is 0 Å². The van der Waals surface area contributed by atoms with E-state index in [1.165, 1.54) is 33.5 Å². The lowest BCUT2D eigenvalue weighted by molar-refractivity contribution is 0.102. The number of aryl methyl sites for hydroxylation is 1. The van der Waals surface area contributed by atoms with Gasteiger partial charge in [0.1, 0.15) is 22.1 Å². The van der Waals surface area contributed by atoms with Gasteiger partial charge in [-0.1, -0.05) is 11.3 Å². The third-order valence-electron chi connectivity index (χ3n) is 4.25. The van der Waals surface area contributed by atoms with Gasteiger partial charge in [-0.15, -0.1) is 0 Å². The summed E-state index contributed by atoms with van der Waals surface area (Å²) in [6.45, 7) is 1.62. The van der Waals surface area contributed by atoms with Crippen LogP contribution in [0.5, 0.6) is 17.2 Å². The van der Waals surface area contributed by atoms with Crippen molar-refractivity contribution in [2.24, 2.45) is 0 Å². The summed E-state index contributed by atoms with van der Waals surface area (Å²) in [5.41, 5.74) is 0.803. The molecule has 2 aromatic carbocycles. The molecule has 3 rings (SSSR count). The van der Waals surface area contributed by atoms with E-state index in [4.69, 9.17) is 14.2 Å². The number of hydrogen-bond donors (Lipinski definition) is 2. The van der Waals surface area contributed by atoms with Crippen LogP contribution in [0.3, 0.4) is 0 Å². The maximum absolute atomic E-state index is 12.8. The third kappa shape index (κ3) is 5.06. The molecular weight excluding hydrogens is 442 g/mol. The molecule has 0 radical (unpaired) electrons. The first-order valence-corrected chi connectivity index (χ1v) is 11.2. The Balaban J connectivity index is 1.81. The molecule has 0 saturated carbocycles. The predicted molar refractivity (Wildman–Crippen MR) is 118 cm³/mol. The molecule has 1 aromatic heterocycles. The molecule has 0 fully saturated rings. The highest BCUT2D eigenvalue weighted by Gasteiger charge is 2.21. The first-order chi connectivity index (χ1) is 14.8. The normalized spacial score (nSPS) is 11.0. The van der Waals surface area contributed by atoms with Crippen molar-refractivity contribution in [3.8, 4) is 17.2 Å². The molecule has 0 saturated heterocycles. The van der Waals surface area contributed by atoms with Crippen LogP contribution in [0.1, 0.15) is 15.4 Å². The Kier molecular flexibility index (Phi) is 6.66. The van der Waals surface area contributed by atoms with E-state index in [1.807, 2.05) is 0 Å². The van der Waals surface area contributed by atoms with Gasteiger partial charge in [-0.3, -0.25) is 9.52 Å². The number of nitrogens with one attached hydrogen (secondary N) is 2. The Morgan fingerprint density at radius 2 is 1.61 bits per heavy atom. The number of hydrogen-bond acceptors (Lipinski definition) is 8. The minimum absolute atomic E-state index is 0.0493. The zero-order valence-electron chi connectivity index (χ0n) is 17.3. The van der Waals surface area contributed by atoms with Gasteiger partial charge in [0, 0.05) is 6.07 Å². The Hall–Kier alpha value is -3.31. The molecule has 0 unspecified atom stereocenters. The van der Waals surface area contributed by atoms with Crippen molar-refractivity contribution in [2.75, 3.05) is 31.4 Å². The lowest BCUT2D eigenvalue weighted by Gasteiger charge is -2.11. The highest BCUT2D eigenvalue weighted by molar-refractivity contribution is 7.93. The largest absolute Gasteiger partial charge is 0.497 e. The van der Waals surface area contributed by atoms with Crippen LogP contribution in [0, 0.1) is 6.92 Å². The van der Waals surface area contributed by atoms with Crippen LogP contribution in [-0.4, -0.2) is 40.6 Å². The van der Waals surface area contributed by atoms with Gasteiger partial charge in [0.2, 0.25) is 0 Å². The Bertz CT molecular complexity index is 1190. The van der Waals surface area contributed by atoms with Gasteiger partial charge < -0.3 is 19.5 Å². The summed E-state index contributed by atoms with van der Waals surface area (Å²) >= 11 is 0.929. The van der Waals surface area contributed by atoms with E-state index < -0.39 is 15.9 Å². The molecular formula is C20H21N3O6S2. The fourth-order valence-corrected chi connectivity index (χ4v) is 4.77. The zero-order valence-corrected chi connectivity index (χ0v) is 18.9. The van der Waals surface area contributed by atoms with E-state index >= 15 is 0 Å². The number of aromatic nitrogens is 1. The molecule has 0 aliphatic rings. The summed E-state index contributed by atoms with van der Waals surface area (Å²) in [5, 5.41) is 2.83. The van der Waals surface area contributed by atoms with E-state index in [2.05, 4.69) is 15.0 Å². The second-order valence-electron chi connectivity index (χ2n) is 6.23. The monoisotopic (exact) mass is 463 g/mol. The predicted octanol–water partition coefficient (Wildman–Crippen LogP) is 3.53. The second-order valence-corrected chi connectivity index (χ2v) is 8.92. The SMILES string of the molecule is COc1ccc(S(=O)(=O)Nc2nc(C)c(C(=O)Nc3cc(OC)ccc3OC)s2)cc1. The summed E-state index contributed by atoms with van der Waals surface area (Å²) in [6, 6.07) is 10.9. The van der Waals surface area contributed by atoms with Crippen LogP contribution in [0.25, 0.3) is 0 Å². The van der Waals surface area contributed by atoms with Crippen molar-refractivity contribution in [3.63, 3.8) is 0 Å². The minimum atomic E-state index is -3.87. The van der Waals surface area contributed by atoms with Crippen LogP contribution in [0.15, 0.2) is 47.4 Å². The van der Waals surface area contributed by atoms with E-state index in [-0.39, 0.29) is 14.9 Å². The number of amides is 1. The molecule has 0 atom stereocenters. The summed E-state index contributed by atoms with van der Waals surface area (Å²) in [7, 11) is 0.625. The Morgan fingerprint density at radius 1 is 0.968 bits per heavy atom. The first-order valence-electron chi connectivity index (χ1n) is 8.95. The fourth-order valence-electron chi connectivity index (χ4n) is 2.67. The molecule has 11 heteroatoms. The van der Waals surface area contributed by atoms with Crippen LogP contribution in [-0.2, 0) is 10.0 Å². The number of methoxy groups -OCH3 is 3. The molecule has 3 aromatic rings. The number of sulfonamides is 1. The van der Waals surface area contributed by atoms with Crippen molar-refractivity contribution in [2.45, 2.75) is 11.8 Å². The van der Waals surface area contributed by atoms with Gasteiger partial charge in [-0.25, -0.2) is 13.4 Å². The molecule has 0 bridgehead atoms. The first kappa shape index (κ1) is 22.4. The number of carbonyl (C=O) groups excluding carboxylic acids is 1. The van der Waals surface area contributed by atoms with Gasteiger partial charge in [0.05, 0.1) is 37.6 Å². The minimum Gasteiger partial charge on any atom is -0.497 e. The summed E-state index contributed by atoms with van der Waals surface area (Å²) in [4.78, 5) is 17.3. The maximum Gasteiger partial charge on any atom is 0.267 e. The zero-order chi connectivity index (χ0) is 22.6. The number of carbonyl (C=O) groups is 1. The molecule has 0 spiro atoms. The Morgan fingerprint density at radius 3 is 2.23 bits per heavy atom. The van der Waals surface area contributed by atoms with Gasteiger partial charge >= 0.3 is 0 Å². The molecule has 164 valence electrons. The number of rotatable bonds is 8. The maximum atomic E-state index is 12.8. The molecule has 31 heavy (non-hydrogen) atoms. The molecule has 0 aliphatic carbocycles. The van der Waals surface area contributed by atoms with Gasteiger partial charge in [0.15, 0.2) is 5.13 Å². The van der Waals surface area contributed by atoms with Crippen LogP contribution >= 0.6 is 11.3 Å². The molecule has 1 amide bonds. The smallest absolute Gasteiger partial charge is 0.267 e. The van der Waals surface area contributed by atoms with E-state index in [0.717, 1.165) is 11.3 Å². The average molecular weight is 464 g/mol. The van der Waals surface area contributed by atoms with Crippen LogP contribution in [0.4, 0.5) is 10.8 Å². The van der Waals surface area contributed by atoms with E-state index in [9.17, 15) is 13.2 Å².